The molecular formula is C30H34N10O. The molecule has 2 atom stereocenters. The van der Waals surface area contributed by atoms with Crippen molar-refractivity contribution in [2.24, 2.45) is 15.9 Å². The molecule has 2 unspecified atom stereocenters. The fourth-order valence-corrected chi connectivity index (χ4v) is 6.55. The summed E-state index contributed by atoms with van der Waals surface area (Å²) in [6.07, 6.45) is 11.6. The van der Waals surface area contributed by atoms with Crippen LogP contribution in [0.4, 0.5) is 0 Å². The maximum atomic E-state index is 13.4. The van der Waals surface area contributed by atoms with Crippen molar-refractivity contribution in [3.05, 3.63) is 65.1 Å². The summed E-state index contributed by atoms with van der Waals surface area (Å²) in [5.41, 5.74) is 2.74. The number of aromatic nitrogens is 2. The number of hydrogen-bond acceptors (Lipinski definition) is 9. The van der Waals surface area contributed by atoms with Gasteiger partial charge in [0.25, 0.3) is 5.91 Å². The minimum absolute atomic E-state index is 0.0239. The van der Waals surface area contributed by atoms with Gasteiger partial charge in [0.15, 0.2) is 0 Å². The first-order valence-electron chi connectivity index (χ1n) is 14.1. The molecule has 1 saturated heterocycles. The molecule has 1 N–H and O–H groups in total. The number of nitrogens with zero attached hydrogens (tertiary/aromatic N) is 9. The zero-order valence-electron chi connectivity index (χ0n) is 23.4. The number of nitriles is 2. The largest absolute Gasteiger partial charge is 0.350 e. The normalized spacial score (nSPS) is 27.0. The number of carbonyl (C=O) groups excluding carboxylic acids is 1. The van der Waals surface area contributed by atoms with E-state index in [4.69, 9.17) is 5.10 Å². The van der Waals surface area contributed by atoms with E-state index in [-0.39, 0.29) is 23.4 Å². The molecule has 1 aromatic carbocycles. The first-order chi connectivity index (χ1) is 19.9. The Morgan fingerprint density at radius 3 is 2.71 bits per heavy atom. The van der Waals surface area contributed by atoms with E-state index in [0.29, 0.717) is 43.2 Å². The van der Waals surface area contributed by atoms with Crippen molar-refractivity contribution in [3.63, 3.8) is 0 Å². The van der Waals surface area contributed by atoms with Crippen molar-refractivity contribution >= 4 is 18.1 Å². The zero-order valence-corrected chi connectivity index (χ0v) is 23.4. The van der Waals surface area contributed by atoms with Crippen molar-refractivity contribution in [2.75, 3.05) is 40.3 Å². The van der Waals surface area contributed by atoms with Crippen molar-refractivity contribution in [3.8, 4) is 12.1 Å². The first-order valence-corrected chi connectivity index (χ1v) is 14.1. The van der Waals surface area contributed by atoms with Crippen molar-refractivity contribution in [1.82, 2.24) is 29.8 Å². The van der Waals surface area contributed by atoms with Gasteiger partial charge in [0.2, 0.25) is 0 Å². The summed E-state index contributed by atoms with van der Waals surface area (Å²) in [7, 11) is 3.94. The van der Waals surface area contributed by atoms with Gasteiger partial charge >= 0.3 is 0 Å². The molecule has 6 rings (SSSR count). The van der Waals surface area contributed by atoms with Gasteiger partial charge in [0.1, 0.15) is 12.2 Å². The number of fused-ring (bicyclic) bond motifs is 1. The third kappa shape index (κ3) is 5.15. The highest BCUT2D eigenvalue weighted by Crippen LogP contribution is 2.45. The van der Waals surface area contributed by atoms with E-state index >= 15 is 0 Å². The highest BCUT2D eigenvalue weighted by molar-refractivity contribution is 5.96. The van der Waals surface area contributed by atoms with E-state index in [1.54, 1.807) is 12.4 Å². The number of hydrogen-bond donors (Lipinski definition) is 1. The topological polar surface area (TPSA) is 129 Å². The van der Waals surface area contributed by atoms with Gasteiger partial charge in [-0.3, -0.25) is 19.4 Å². The van der Waals surface area contributed by atoms with E-state index in [2.05, 4.69) is 44.6 Å². The number of benzene rings is 1. The van der Waals surface area contributed by atoms with Gasteiger partial charge in [-0.25, -0.2) is 4.99 Å². The molecule has 0 bridgehead atoms. The SMILES string of the molecule is CN(C)Cc1cc(C#N)cc(C(=O)N2CCN(C3CC(CC#N)(n4cc(C5N=CN=C6NC=CC65)cn4)C3)CC2)c1. The van der Waals surface area contributed by atoms with Crippen molar-refractivity contribution in [1.29, 1.82) is 10.5 Å². The van der Waals surface area contributed by atoms with E-state index in [9.17, 15) is 15.3 Å². The Morgan fingerprint density at radius 1 is 1.17 bits per heavy atom. The second-order valence-corrected chi connectivity index (χ2v) is 11.7. The van der Waals surface area contributed by atoms with Crippen molar-refractivity contribution < 1.29 is 4.79 Å². The molecule has 1 amide bonds. The second kappa shape index (κ2) is 10.9. The third-order valence-electron chi connectivity index (χ3n) is 8.67. The summed E-state index contributed by atoms with van der Waals surface area (Å²) in [4.78, 5) is 28.6. The summed E-state index contributed by atoms with van der Waals surface area (Å²) in [6.45, 7) is 3.51. The maximum absolute atomic E-state index is 13.4. The summed E-state index contributed by atoms with van der Waals surface area (Å²) in [5.74, 6) is 0.960. The molecule has 0 radical (unpaired) electrons. The first kappa shape index (κ1) is 26.9. The van der Waals surface area contributed by atoms with Gasteiger partial charge in [-0.05, 0) is 56.9 Å². The lowest BCUT2D eigenvalue weighted by atomic mass is 9.70. The van der Waals surface area contributed by atoms with Crippen LogP contribution in [0.2, 0.25) is 0 Å². The van der Waals surface area contributed by atoms with E-state index in [0.717, 1.165) is 42.9 Å². The fourth-order valence-electron chi connectivity index (χ4n) is 6.55. The van der Waals surface area contributed by atoms with Gasteiger partial charge in [0, 0.05) is 56.1 Å². The minimum atomic E-state index is -0.329. The van der Waals surface area contributed by atoms with Crippen LogP contribution in [0.1, 0.15) is 52.4 Å². The molecule has 1 saturated carbocycles. The van der Waals surface area contributed by atoms with E-state index in [1.165, 1.54) is 0 Å². The van der Waals surface area contributed by atoms with Gasteiger partial charge in [0.05, 0.1) is 47.8 Å². The Bertz CT molecular complexity index is 1490. The molecule has 2 fully saturated rings. The molecule has 2 aromatic rings. The average molecular weight is 551 g/mol. The molecule has 11 nitrogen and oxygen atoms in total. The molecular weight excluding hydrogens is 516 g/mol. The fraction of sp³-hybridized carbons (Fsp3) is 0.467. The van der Waals surface area contributed by atoms with Gasteiger partial charge in [-0.1, -0.05) is 6.08 Å². The number of amides is 1. The predicted molar refractivity (Wildman–Crippen MR) is 154 cm³/mol. The van der Waals surface area contributed by atoms with E-state index in [1.807, 2.05) is 53.1 Å². The molecule has 1 aliphatic carbocycles. The quantitative estimate of drug-likeness (QED) is 0.560. The summed E-state index contributed by atoms with van der Waals surface area (Å²) < 4.78 is 1.99. The molecule has 4 heterocycles. The number of carbonyl (C=O) groups is 1. The van der Waals surface area contributed by atoms with Gasteiger partial charge < -0.3 is 15.1 Å². The van der Waals surface area contributed by atoms with Gasteiger partial charge in [-0.2, -0.15) is 15.6 Å². The van der Waals surface area contributed by atoms with Crippen LogP contribution in [0.15, 0.2) is 52.9 Å². The summed E-state index contributed by atoms with van der Waals surface area (Å²) in [5, 5.41) is 27.0. The average Bonchev–Trinajstić information content (AvgIpc) is 3.64. The van der Waals surface area contributed by atoms with Crippen LogP contribution in [-0.4, -0.2) is 88.9 Å². The molecule has 41 heavy (non-hydrogen) atoms. The Labute approximate surface area is 240 Å². The Balaban J connectivity index is 1.08. The zero-order chi connectivity index (χ0) is 28.6. The van der Waals surface area contributed by atoms with Crippen molar-refractivity contribution in [2.45, 2.75) is 43.4 Å². The van der Waals surface area contributed by atoms with Gasteiger partial charge in [-0.15, -0.1) is 0 Å². The Hall–Kier alpha value is -4.32. The van der Waals surface area contributed by atoms with Crippen LogP contribution in [0.25, 0.3) is 0 Å². The Morgan fingerprint density at radius 2 is 1.98 bits per heavy atom. The maximum Gasteiger partial charge on any atom is 0.253 e. The number of aliphatic imine (C=N–C) groups is 2. The Kier molecular flexibility index (Phi) is 7.16. The van der Waals surface area contributed by atoms with Crippen LogP contribution >= 0.6 is 0 Å². The molecule has 1 aromatic heterocycles. The highest BCUT2D eigenvalue weighted by atomic mass is 16.2. The second-order valence-electron chi connectivity index (χ2n) is 11.7. The lowest BCUT2D eigenvalue weighted by Crippen LogP contribution is -2.60. The molecule has 11 heteroatoms. The molecule has 0 spiro atoms. The lowest BCUT2D eigenvalue weighted by Gasteiger charge is -2.52. The summed E-state index contributed by atoms with van der Waals surface area (Å²) in [6, 6.07) is 10.3. The van der Waals surface area contributed by atoms with E-state index < -0.39 is 0 Å². The predicted octanol–water partition coefficient (Wildman–Crippen LogP) is 2.26. The number of nitrogens with one attached hydrogen (secondary N) is 1. The summed E-state index contributed by atoms with van der Waals surface area (Å²) >= 11 is 0. The number of rotatable bonds is 7. The lowest BCUT2D eigenvalue weighted by molar-refractivity contribution is -0.0158. The highest BCUT2D eigenvalue weighted by Gasteiger charge is 2.49. The number of piperazine rings is 1. The van der Waals surface area contributed by atoms with Crippen LogP contribution in [0.3, 0.4) is 0 Å². The molecule has 210 valence electrons. The van der Waals surface area contributed by atoms with Crippen LogP contribution < -0.4 is 5.32 Å². The number of amidine groups is 1. The standard InChI is InChI=1S/C30H34N10O/c1-37(2)18-22-11-21(16-32)12-23(13-22)29(41)39-9-7-38(8-10-39)25-14-30(15-25,4-5-31)40-19-24(17-36-40)27-26-3-6-33-28(26)35-20-34-27/h3,6,11-13,17,19-20,25-27H,4,7-10,14-15,18H2,1-2H3,(H,33,34,35). The van der Waals surface area contributed by atoms with Crippen LogP contribution in [-0.2, 0) is 12.1 Å². The van der Waals surface area contributed by atoms with Crippen LogP contribution in [0, 0.1) is 28.6 Å². The smallest absolute Gasteiger partial charge is 0.253 e. The third-order valence-corrected chi connectivity index (χ3v) is 8.67. The monoisotopic (exact) mass is 550 g/mol. The molecule has 3 aliphatic heterocycles. The van der Waals surface area contributed by atoms with Crippen LogP contribution in [0.5, 0.6) is 0 Å². The minimum Gasteiger partial charge on any atom is -0.350 e. The molecule has 4 aliphatic rings.